The van der Waals surface area contributed by atoms with Gasteiger partial charge in [0, 0.05) is 6.04 Å². The molecule has 0 aromatic carbocycles. The van der Waals surface area contributed by atoms with Gasteiger partial charge in [-0.25, -0.2) is 0 Å². The number of alkyl halides is 3. The minimum absolute atomic E-state index is 0.102. The van der Waals surface area contributed by atoms with Gasteiger partial charge in [0.25, 0.3) is 0 Å². The van der Waals surface area contributed by atoms with Crippen molar-refractivity contribution < 1.29 is 13.2 Å². The van der Waals surface area contributed by atoms with E-state index in [2.05, 4.69) is 5.43 Å². The zero-order valence-corrected chi connectivity index (χ0v) is 9.26. The molecule has 0 bridgehead atoms. The van der Waals surface area contributed by atoms with Crippen molar-refractivity contribution in [2.75, 3.05) is 0 Å². The molecule has 2 fully saturated rings. The average molecular weight is 236 g/mol. The molecule has 0 radical (unpaired) electrons. The largest absolute Gasteiger partial charge is 0.391 e. The van der Waals surface area contributed by atoms with E-state index in [4.69, 9.17) is 5.84 Å². The van der Waals surface area contributed by atoms with E-state index in [1.54, 1.807) is 0 Å². The molecule has 0 amide bonds. The Kier molecular flexibility index (Phi) is 3.45. The highest BCUT2D eigenvalue weighted by molar-refractivity contribution is 4.92. The summed E-state index contributed by atoms with van der Waals surface area (Å²) in [5.41, 5.74) is 2.74. The lowest BCUT2D eigenvalue weighted by Gasteiger charge is -2.35. The zero-order valence-electron chi connectivity index (χ0n) is 9.26. The third kappa shape index (κ3) is 2.69. The van der Waals surface area contributed by atoms with Crippen LogP contribution in [0, 0.1) is 17.8 Å². The van der Waals surface area contributed by atoms with Crippen LogP contribution in [-0.2, 0) is 0 Å². The molecule has 0 aromatic rings. The van der Waals surface area contributed by atoms with Crippen molar-refractivity contribution in [2.45, 2.75) is 50.7 Å². The molecule has 3 atom stereocenters. The summed E-state index contributed by atoms with van der Waals surface area (Å²) in [4.78, 5) is 0. The van der Waals surface area contributed by atoms with Gasteiger partial charge in [0.05, 0.1) is 5.92 Å². The number of hydrazine groups is 1. The van der Waals surface area contributed by atoms with Gasteiger partial charge in [0.2, 0.25) is 0 Å². The van der Waals surface area contributed by atoms with Crippen LogP contribution < -0.4 is 11.3 Å². The standard InChI is InChI=1S/C11H19F3N2/c12-11(13,14)9-3-1-2-8(6-9)10(16-15)7-4-5-7/h7-10,16H,1-6,15H2. The van der Waals surface area contributed by atoms with Crippen LogP contribution in [0.5, 0.6) is 0 Å². The van der Waals surface area contributed by atoms with Crippen molar-refractivity contribution in [1.29, 1.82) is 0 Å². The van der Waals surface area contributed by atoms with E-state index < -0.39 is 12.1 Å². The average Bonchev–Trinajstić information content (AvgIpc) is 3.02. The molecule has 2 rings (SSSR count). The van der Waals surface area contributed by atoms with E-state index >= 15 is 0 Å². The second-order valence-electron chi connectivity index (χ2n) is 5.20. The summed E-state index contributed by atoms with van der Waals surface area (Å²) in [5.74, 6) is 4.98. The molecule has 0 spiro atoms. The quantitative estimate of drug-likeness (QED) is 0.584. The fourth-order valence-corrected chi connectivity index (χ4v) is 2.96. The summed E-state index contributed by atoms with van der Waals surface area (Å²) in [5, 5.41) is 0. The Hall–Kier alpha value is -0.290. The topological polar surface area (TPSA) is 38.0 Å². The number of hydrogen-bond acceptors (Lipinski definition) is 2. The van der Waals surface area contributed by atoms with Crippen LogP contribution in [0.15, 0.2) is 0 Å². The van der Waals surface area contributed by atoms with E-state index in [-0.39, 0.29) is 18.4 Å². The lowest BCUT2D eigenvalue weighted by Crippen LogP contribution is -2.45. The highest BCUT2D eigenvalue weighted by Crippen LogP contribution is 2.45. The van der Waals surface area contributed by atoms with E-state index in [0.29, 0.717) is 18.8 Å². The van der Waals surface area contributed by atoms with Gasteiger partial charge in [-0.05, 0) is 43.9 Å². The maximum Gasteiger partial charge on any atom is 0.391 e. The smallest absolute Gasteiger partial charge is 0.271 e. The van der Waals surface area contributed by atoms with E-state index in [0.717, 1.165) is 19.3 Å². The first-order valence-electron chi connectivity index (χ1n) is 6.05. The Bertz CT molecular complexity index is 238. The van der Waals surface area contributed by atoms with Crippen LogP contribution in [0.4, 0.5) is 13.2 Å². The summed E-state index contributed by atoms with van der Waals surface area (Å²) in [6, 6.07) is 0.102. The molecular formula is C11H19F3N2. The minimum atomic E-state index is -4.03. The first kappa shape index (κ1) is 12.2. The minimum Gasteiger partial charge on any atom is -0.271 e. The molecule has 2 nitrogen and oxygen atoms in total. The lowest BCUT2D eigenvalue weighted by molar-refractivity contribution is -0.186. The van der Waals surface area contributed by atoms with Gasteiger partial charge in [-0.3, -0.25) is 11.3 Å². The molecule has 2 aliphatic carbocycles. The highest BCUT2D eigenvalue weighted by Gasteiger charge is 2.45. The van der Waals surface area contributed by atoms with Crippen molar-refractivity contribution in [3.8, 4) is 0 Å². The molecule has 0 saturated heterocycles. The second kappa shape index (κ2) is 4.53. The Morgan fingerprint density at radius 2 is 1.75 bits per heavy atom. The van der Waals surface area contributed by atoms with E-state index in [1.165, 1.54) is 0 Å². The van der Waals surface area contributed by atoms with Gasteiger partial charge in [-0.2, -0.15) is 13.2 Å². The first-order valence-corrected chi connectivity index (χ1v) is 6.05. The Balaban J connectivity index is 1.95. The van der Waals surface area contributed by atoms with E-state index in [1.807, 2.05) is 0 Å². The van der Waals surface area contributed by atoms with Crippen LogP contribution in [0.25, 0.3) is 0 Å². The van der Waals surface area contributed by atoms with Crippen molar-refractivity contribution in [1.82, 2.24) is 5.43 Å². The lowest BCUT2D eigenvalue weighted by atomic mass is 9.76. The van der Waals surface area contributed by atoms with Gasteiger partial charge in [-0.15, -0.1) is 0 Å². The molecule has 0 heterocycles. The third-order valence-corrected chi connectivity index (χ3v) is 4.01. The van der Waals surface area contributed by atoms with Gasteiger partial charge in [-0.1, -0.05) is 6.42 Å². The Labute approximate surface area is 93.7 Å². The van der Waals surface area contributed by atoms with Crippen molar-refractivity contribution in [3.05, 3.63) is 0 Å². The van der Waals surface area contributed by atoms with Crippen LogP contribution in [-0.4, -0.2) is 12.2 Å². The number of hydrogen-bond donors (Lipinski definition) is 2. The number of nitrogens with two attached hydrogens (primary N) is 1. The highest BCUT2D eigenvalue weighted by atomic mass is 19.4. The number of nitrogens with one attached hydrogen (secondary N) is 1. The predicted octanol–water partition coefficient (Wildman–Crippen LogP) is 2.60. The molecule has 0 aliphatic heterocycles. The summed E-state index contributed by atoms with van der Waals surface area (Å²) < 4.78 is 37.9. The zero-order chi connectivity index (χ0) is 11.8. The predicted molar refractivity (Wildman–Crippen MR) is 55.3 cm³/mol. The SMILES string of the molecule is NNC(C1CC1)C1CCCC(C(F)(F)F)C1. The van der Waals surface area contributed by atoms with Crippen molar-refractivity contribution in [2.24, 2.45) is 23.6 Å². The summed E-state index contributed by atoms with van der Waals surface area (Å²) in [6.45, 7) is 0. The van der Waals surface area contributed by atoms with E-state index in [9.17, 15) is 13.2 Å². The molecule has 5 heteroatoms. The number of rotatable bonds is 3. The van der Waals surface area contributed by atoms with Crippen LogP contribution in [0.2, 0.25) is 0 Å². The second-order valence-corrected chi connectivity index (χ2v) is 5.20. The molecule has 0 aromatic heterocycles. The molecule has 3 N–H and O–H groups in total. The van der Waals surface area contributed by atoms with Gasteiger partial charge in [0.15, 0.2) is 0 Å². The van der Waals surface area contributed by atoms with Crippen molar-refractivity contribution >= 4 is 0 Å². The van der Waals surface area contributed by atoms with Crippen LogP contribution >= 0.6 is 0 Å². The summed E-state index contributed by atoms with van der Waals surface area (Å²) in [7, 11) is 0. The Morgan fingerprint density at radius 3 is 2.25 bits per heavy atom. The molecular weight excluding hydrogens is 217 g/mol. The maximum atomic E-state index is 12.6. The summed E-state index contributed by atoms with van der Waals surface area (Å²) in [6.07, 6.45) is 0.319. The fourth-order valence-electron chi connectivity index (χ4n) is 2.96. The Morgan fingerprint density at radius 1 is 1.06 bits per heavy atom. The normalized spacial score (nSPS) is 33.8. The fraction of sp³-hybridized carbons (Fsp3) is 1.00. The molecule has 16 heavy (non-hydrogen) atoms. The van der Waals surface area contributed by atoms with Crippen molar-refractivity contribution in [3.63, 3.8) is 0 Å². The van der Waals surface area contributed by atoms with Gasteiger partial charge in [0.1, 0.15) is 0 Å². The molecule has 2 aliphatic rings. The first-order chi connectivity index (χ1) is 7.52. The number of halogens is 3. The van der Waals surface area contributed by atoms with Gasteiger partial charge >= 0.3 is 6.18 Å². The summed E-state index contributed by atoms with van der Waals surface area (Å²) >= 11 is 0. The third-order valence-electron chi connectivity index (χ3n) is 4.01. The van der Waals surface area contributed by atoms with Gasteiger partial charge < -0.3 is 0 Å². The molecule has 3 unspecified atom stereocenters. The molecule has 2 saturated carbocycles. The monoisotopic (exact) mass is 236 g/mol. The molecule has 94 valence electrons. The maximum absolute atomic E-state index is 12.6. The van der Waals surface area contributed by atoms with Crippen LogP contribution in [0.1, 0.15) is 38.5 Å². The van der Waals surface area contributed by atoms with Crippen LogP contribution in [0.3, 0.4) is 0 Å².